The van der Waals surface area contributed by atoms with E-state index in [1.54, 1.807) is 0 Å². The van der Waals surface area contributed by atoms with E-state index in [9.17, 15) is 10.1 Å². The average Bonchev–Trinajstić information content (AvgIpc) is 2.54. The van der Waals surface area contributed by atoms with E-state index in [1.807, 2.05) is 0 Å². The summed E-state index contributed by atoms with van der Waals surface area (Å²) in [4.78, 5) is 12.2. The van der Waals surface area contributed by atoms with Crippen molar-refractivity contribution in [2.24, 2.45) is 5.92 Å². The van der Waals surface area contributed by atoms with Crippen LogP contribution in [0.5, 0.6) is 0 Å². The molecule has 2 aliphatic rings. The summed E-state index contributed by atoms with van der Waals surface area (Å²) in [5, 5.41) is 12.5. The highest BCUT2D eigenvalue weighted by Crippen LogP contribution is 2.33. The lowest BCUT2D eigenvalue weighted by molar-refractivity contribution is -0.123. The Labute approximate surface area is 128 Å². The maximum Gasteiger partial charge on any atom is 0.221 e. The van der Waals surface area contributed by atoms with E-state index < -0.39 is 5.54 Å². The smallest absolute Gasteiger partial charge is 0.221 e. The zero-order valence-electron chi connectivity index (χ0n) is 13.2. The number of rotatable bonds is 5. The summed E-state index contributed by atoms with van der Waals surface area (Å²) in [6.07, 6.45) is 9.77. The maximum absolute atomic E-state index is 12.2. The quantitative estimate of drug-likeness (QED) is 0.845. The van der Waals surface area contributed by atoms with Gasteiger partial charge in [0.25, 0.3) is 0 Å². The lowest BCUT2D eigenvalue weighted by Crippen LogP contribution is -2.49. The van der Waals surface area contributed by atoms with Gasteiger partial charge in [-0.25, -0.2) is 0 Å². The second kappa shape index (κ2) is 7.79. The number of hydrogen-bond acceptors (Lipinski definition) is 3. The molecule has 1 heterocycles. The lowest BCUT2D eigenvalue weighted by atomic mass is 9.76. The van der Waals surface area contributed by atoms with Gasteiger partial charge in [0.05, 0.1) is 12.2 Å². The van der Waals surface area contributed by atoms with Crippen molar-refractivity contribution in [3.63, 3.8) is 0 Å². The van der Waals surface area contributed by atoms with Gasteiger partial charge in [-0.15, -0.1) is 0 Å². The minimum Gasteiger partial charge on any atom is -0.378 e. The fourth-order valence-electron chi connectivity index (χ4n) is 3.50. The molecule has 118 valence electrons. The second-order valence-corrected chi connectivity index (χ2v) is 6.62. The highest BCUT2D eigenvalue weighted by molar-refractivity contribution is 5.77. The van der Waals surface area contributed by atoms with Gasteiger partial charge in [-0.05, 0) is 57.3 Å². The van der Waals surface area contributed by atoms with Crippen LogP contribution in [0.4, 0.5) is 0 Å². The van der Waals surface area contributed by atoms with Gasteiger partial charge < -0.3 is 10.1 Å². The van der Waals surface area contributed by atoms with Gasteiger partial charge in [0.15, 0.2) is 0 Å². The van der Waals surface area contributed by atoms with Crippen molar-refractivity contribution in [2.75, 3.05) is 6.61 Å². The molecule has 4 nitrogen and oxygen atoms in total. The third-order valence-corrected chi connectivity index (χ3v) is 5.10. The lowest BCUT2D eigenvalue weighted by Gasteiger charge is -2.35. The summed E-state index contributed by atoms with van der Waals surface area (Å²) in [6, 6.07) is 2.37. The van der Waals surface area contributed by atoms with E-state index in [4.69, 9.17) is 4.74 Å². The summed E-state index contributed by atoms with van der Waals surface area (Å²) in [6.45, 7) is 3.03. The molecule has 2 fully saturated rings. The topological polar surface area (TPSA) is 62.1 Å². The molecular formula is C17H28N2O2. The molecule has 2 rings (SSSR count). The molecule has 0 aromatic heterocycles. The van der Waals surface area contributed by atoms with E-state index in [1.165, 1.54) is 12.8 Å². The highest BCUT2D eigenvalue weighted by atomic mass is 16.5. The fourth-order valence-corrected chi connectivity index (χ4v) is 3.50. The maximum atomic E-state index is 12.2. The van der Waals surface area contributed by atoms with Crippen LogP contribution in [0.1, 0.15) is 71.1 Å². The van der Waals surface area contributed by atoms with Crippen molar-refractivity contribution in [3.8, 4) is 6.07 Å². The number of ether oxygens (including phenoxy) is 1. The van der Waals surface area contributed by atoms with Crippen molar-refractivity contribution in [2.45, 2.75) is 82.8 Å². The monoisotopic (exact) mass is 292 g/mol. The largest absolute Gasteiger partial charge is 0.378 e. The van der Waals surface area contributed by atoms with Crippen LogP contribution in [0.2, 0.25) is 0 Å². The molecule has 0 radical (unpaired) electrons. The summed E-state index contributed by atoms with van der Waals surface area (Å²) in [5.41, 5.74) is -0.615. The van der Waals surface area contributed by atoms with E-state index in [-0.39, 0.29) is 12.0 Å². The van der Waals surface area contributed by atoms with Crippen LogP contribution < -0.4 is 5.32 Å². The normalized spacial score (nSPS) is 33.1. The molecule has 1 unspecified atom stereocenters. The molecule has 1 saturated heterocycles. The minimum atomic E-state index is -0.615. The SMILES string of the molecule is CCC1CCC(C#N)(NC(=O)CCC2CCCCO2)CC1. The van der Waals surface area contributed by atoms with E-state index in [0.717, 1.165) is 57.5 Å². The Balaban J connectivity index is 1.76. The Morgan fingerprint density at radius 2 is 2.10 bits per heavy atom. The fraction of sp³-hybridized carbons (Fsp3) is 0.882. The van der Waals surface area contributed by atoms with Crippen molar-refractivity contribution in [3.05, 3.63) is 0 Å². The molecule has 1 N–H and O–H groups in total. The first-order valence-corrected chi connectivity index (χ1v) is 8.51. The number of nitrogens with one attached hydrogen (secondary N) is 1. The average molecular weight is 292 g/mol. The number of carbonyl (C=O) groups is 1. The molecule has 1 atom stereocenters. The molecule has 1 amide bonds. The molecule has 1 aliphatic carbocycles. The molecule has 0 bridgehead atoms. The van der Waals surface area contributed by atoms with Gasteiger partial charge in [0, 0.05) is 13.0 Å². The van der Waals surface area contributed by atoms with Gasteiger partial charge in [0.1, 0.15) is 5.54 Å². The van der Waals surface area contributed by atoms with E-state index in [2.05, 4.69) is 18.3 Å². The molecule has 1 saturated carbocycles. The van der Waals surface area contributed by atoms with E-state index >= 15 is 0 Å². The number of nitriles is 1. The molecular weight excluding hydrogens is 264 g/mol. The minimum absolute atomic E-state index is 0.0145. The third kappa shape index (κ3) is 4.71. The summed E-state index contributed by atoms with van der Waals surface area (Å²) >= 11 is 0. The van der Waals surface area contributed by atoms with Crippen LogP contribution in [0.25, 0.3) is 0 Å². The van der Waals surface area contributed by atoms with Crippen molar-refractivity contribution < 1.29 is 9.53 Å². The van der Waals surface area contributed by atoms with Crippen LogP contribution >= 0.6 is 0 Å². The van der Waals surface area contributed by atoms with Gasteiger partial charge >= 0.3 is 0 Å². The first-order chi connectivity index (χ1) is 10.2. The molecule has 0 aromatic rings. The van der Waals surface area contributed by atoms with Gasteiger partial charge in [0.2, 0.25) is 5.91 Å². The van der Waals surface area contributed by atoms with Gasteiger partial charge in [-0.2, -0.15) is 5.26 Å². The number of amides is 1. The number of carbonyl (C=O) groups excluding carboxylic acids is 1. The number of hydrogen-bond donors (Lipinski definition) is 1. The zero-order valence-corrected chi connectivity index (χ0v) is 13.2. The summed E-state index contributed by atoms with van der Waals surface area (Å²) < 4.78 is 5.65. The molecule has 1 aliphatic heterocycles. The standard InChI is InChI=1S/C17H28N2O2/c1-2-14-8-10-17(13-18,11-9-14)19-16(20)7-6-15-5-3-4-12-21-15/h14-15H,2-12H2,1H3,(H,19,20). The van der Waals surface area contributed by atoms with Crippen molar-refractivity contribution in [1.29, 1.82) is 5.26 Å². The molecule has 0 aromatic carbocycles. The van der Waals surface area contributed by atoms with Gasteiger partial charge in [-0.3, -0.25) is 4.79 Å². The van der Waals surface area contributed by atoms with Crippen molar-refractivity contribution in [1.82, 2.24) is 5.32 Å². The van der Waals surface area contributed by atoms with Crippen LogP contribution in [-0.2, 0) is 9.53 Å². The Kier molecular flexibility index (Phi) is 6.05. The predicted octanol–water partition coefficient (Wildman–Crippen LogP) is 3.31. The zero-order chi connectivity index (χ0) is 15.1. The predicted molar refractivity (Wildman–Crippen MR) is 81.6 cm³/mol. The molecule has 21 heavy (non-hydrogen) atoms. The highest BCUT2D eigenvalue weighted by Gasteiger charge is 2.36. The molecule has 4 heteroatoms. The summed E-state index contributed by atoms with van der Waals surface area (Å²) in [7, 11) is 0. The first-order valence-electron chi connectivity index (χ1n) is 8.51. The molecule has 0 spiro atoms. The van der Waals surface area contributed by atoms with E-state index in [0.29, 0.717) is 6.42 Å². The summed E-state index contributed by atoms with van der Waals surface area (Å²) in [5.74, 6) is 0.736. The second-order valence-electron chi connectivity index (χ2n) is 6.62. The third-order valence-electron chi connectivity index (χ3n) is 5.10. The van der Waals surface area contributed by atoms with Gasteiger partial charge in [-0.1, -0.05) is 13.3 Å². The first kappa shape index (κ1) is 16.3. The number of nitrogens with zero attached hydrogens (tertiary/aromatic N) is 1. The Morgan fingerprint density at radius 3 is 2.67 bits per heavy atom. The Morgan fingerprint density at radius 1 is 1.33 bits per heavy atom. The van der Waals surface area contributed by atoms with Crippen LogP contribution in [0.15, 0.2) is 0 Å². The van der Waals surface area contributed by atoms with Crippen LogP contribution in [-0.4, -0.2) is 24.2 Å². The Bertz CT molecular complexity index is 375. The van der Waals surface area contributed by atoms with Crippen molar-refractivity contribution >= 4 is 5.91 Å². The van der Waals surface area contributed by atoms with Crippen LogP contribution in [0.3, 0.4) is 0 Å². The Hall–Kier alpha value is -1.08. The van der Waals surface area contributed by atoms with Crippen LogP contribution in [0, 0.1) is 17.2 Å².